The Labute approximate surface area is 135 Å². The smallest absolute Gasteiger partial charge is 0.00268 e. The molecule has 116 valence electrons. The van der Waals surface area contributed by atoms with E-state index in [0.717, 1.165) is 0 Å². The molecule has 4 aromatic rings. The van der Waals surface area contributed by atoms with Crippen molar-refractivity contribution in [1.82, 2.24) is 0 Å². The van der Waals surface area contributed by atoms with Crippen LogP contribution in [0.2, 0.25) is 0 Å². The maximum absolute atomic E-state index is 2.21. The van der Waals surface area contributed by atoms with Crippen LogP contribution in [0.25, 0.3) is 32.3 Å². The highest BCUT2D eigenvalue weighted by Crippen LogP contribution is 2.33. The van der Waals surface area contributed by atoms with Crippen molar-refractivity contribution in [3.05, 3.63) is 60.7 Å². The first-order valence-electron chi connectivity index (χ1n) is 7.97. The third-order valence-electron chi connectivity index (χ3n) is 3.39. The van der Waals surface area contributed by atoms with Crippen LogP contribution in [0.3, 0.4) is 0 Å². The fourth-order valence-corrected chi connectivity index (χ4v) is 2.67. The highest BCUT2D eigenvalue weighted by molar-refractivity contribution is 6.22. The summed E-state index contributed by atoms with van der Waals surface area (Å²) < 4.78 is 0. The number of benzene rings is 4. The Balaban J connectivity index is 0.000000365. The van der Waals surface area contributed by atoms with Crippen molar-refractivity contribution in [2.24, 2.45) is 0 Å². The van der Waals surface area contributed by atoms with E-state index in [0.29, 0.717) is 0 Å². The minimum Gasteiger partial charge on any atom is -0.0776 e. The molecule has 4 aromatic carbocycles. The van der Waals surface area contributed by atoms with Gasteiger partial charge in [-0.15, -0.1) is 0 Å². The molecule has 0 radical (unpaired) electrons. The van der Waals surface area contributed by atoms with E-state index in [1.165, 1.54) is 38.7 Å². The van der Waals surface area contributed by atoms with Crippen molar-refractivity contribution in [3.63, 3.8) is 0 Å². The molecule has 0 saturated heterocycles. The van der Waals surface area contributed by atoms with Crippen LogP contribution in [0.4, 0.5) is 0 Å². The van der Waals surface area contributed by atoms with Gasteiger partial charge in [0.15, 0.2) is 0 Å². The van der Waals surface area contributed by atoms with E-state index >= 15 is 0 Å². The lowest BCUT2D eigenvalue weighted by Crippen LogP contribution is -1.82. The van der Waals surface area contributed by atoms with Gasteiger partial charge in [0.25, 0.3) is 0 Å². The van der Waals surface area contributed by atoms with E-state index in [1.807, 2.05) is 13.8 Å². The summed E-state index contributed by atoms with van der Waals surface area (Å²) in [6.45, 7) is 8.25. The molecule has 0 heteroatoms. The monoisotopic (exact) mass is 292 g/mol. The molecule has 0 aliphatic rings. The summed E-state index contributed by atoms with van der Waals surface area (Å²) in [5, 5.41) is 8.14. The van der Waals surface area contributed by atoms with Crippen LogP contribution >= 0.6 is 0 Å². The molecule has 4 rings (SSSR count). The molecule has 0 aliphatic carbocycles. The van der Waals surface area contributed by atoms with Crippen LogP contribution in [0, 0.1) is 0 Å². The molecule has 0 unspecified atom stereocenters. The van der Waals surface area contributed by atoms with Gasteiger partial charge < -0.3 is 0 Å². The second kappa shape index (κ2) is 8.38. The Morgan fingerprint density at radius 3 is 1.00 bits per heavy atom. The van der Waals surface area contributed by atoms with Gasteiger partial charge in [-0.1, -0.05) is 102 Å². The number of rotatable bonds is 0. The molecule has 0 aliphatic heterocycles. The number of hydrogen-bond acceptors (Lipinski definition) is 0. The van der Waals surface area contributed by atoms with Crippen molar-refractivity contribution in [1.29, 1.82) is 0 Å². The third kappa shape index (κ3) is 3.22. The highest BCUT2D eigenvalue weighted by atomic mass is 14.1. The summed E-state index contributed by atoms with van der Waals surface area (Å²) in [6, 6.07) is 21.9. The first kappa shape index (κ1) is 18.0. The summed E-state index contributed by atoms with van der Waals surface area (Å²) in [4.78, 5) is 0. The summed E-state index contributed by atoms with van der Waals surface area (Å²) in [5.74, 6) is 0. The van der Waals surface area contributed by atoms with E-state index in [4.69, 9.17) is 0 Å². The lowest BCUT2D eigenvalue weighted by atomic mass is 9.95. The van der Waals surface area contributed by atoms with Crippen molar-refractivity contribution < 1.29 is 0 Å². The van der Waals surface area contributed by atoms with E-state index in [1.54, 1.807) is 0 Å². The molecule has 0 N–H and O–H groups in total. The molecule has 22 heavy (non-hydrogen) atoms. The van der Waals surface area contributed by atoms with E-state index in [-0.39, 0.29) is 7.43 Å². The van der Waals surface area contributed by atoms with Crippen LogP contribution in [0.15, 0.2) is 60.7 Å². The molecule has 0 fully saturated rings. The minimum atomic E-state index is 0. The quantitative estimate of drug-likeness (QED) is 0.292. The Morgan fingerprint density at radius 1 is 0.545 bits per heavy atom. The van der Waals surface area contributed by atoms with Crippen molar-refractivity contribution in [3.8, 4) is 0 Å². The van der Waals surface area contributed by atoms with Gasteiger partial charge in [-0.2, -0.15) is 0 Å². The SMILES string of the molecule is C.CC.CCC.c1cc2ccc3cccc4ccc(c1)c2c34. The zero-order valence-electron chi connectivity index (χ0n) is 13.5. The van der Waals surface area contributed by atoms with Gasteiger partial charge in [0, 0.05) is 0 Å². The van der Waals surface area contributed by atoms with Crippen LogP contribution in [0.1, 0.15) is 41.5 Å². The normalized spacial score (nSPS) is 9.64. The second-order valence-electron chi connectivity index (χ2n) is 5.00. The van der Waals surface area contributed by atoms with Crippen molar-refractivity contribution in [2.45, 2.75) is 41.5 Å². The summed E-state index contributed by atoms with van der Waals surface area (Å²) in [7, 11) is 0. The Morgan fingerprint density at radius 2 is 0.773 bits per heavy atom. The minimum absolute atomic E-state index is 0. The predicted octanol–water partition coefficient (Wildman–Crippen LogP) is 7.66. The highest BCUT2D eigenvalue weighted by Gasteiger charge is 2.05. The van der Waals surface area contributed by atoms with Gasteiger partial charge in [0.2, 0.25) is 0 Å². The second-order valence-corrected chi connectivity index (χ2v) is 5.00. The van der Waals surface area contributed by atoms with Crippen LogP contribution < -0.4 is 0 Å². The molecule has 0 atom stereocenters. The molecule has 0 heterocycles. The summed E-state index contributed by atoms with van der Waals surface area (Å²) in [6.07, 6.45) is 1.25. The lowest BCUT2D eigenvalue weighted by molar-refractivity contribution is 1.09. The zero-order valence-corrected chi connectivity index (χ0v) is 13.5. The first-order chi connectivity index (χ1) is 10.3. The molecule has 0 amide bonds. The van der Waals surface area contributed by atoms with Gasteiger partial charge in [-0.05, 0) is 32.3 Å². The predicted molar refractivity (Wildman–Crippen MR) is 104 cm³/mol. The fraction of sp³-hybridized carbons (Fsp3) is 0.273. The fourth-order valence-electron chi connectivity index (χ4n) is 2.67. The molecule has 0 spiro atoms. The molecule has 0 aromatic heterocycles. The molecule has 0 bridgehead atoms. The standard InChI is InChI=1S/C16H10.C3H8.C2H6.CH4/c1-3-11-7-9-13-5-2-6-14-10-8-12(4-1)15(11)16(13)14;1-3-2;1-2;/h1-10H;3H2,1-2H3;1-2H3;1H4. The van der Waals surface area contributed by atoms with Gasteiger partial charge in [-0.3, -0.25) is 0 Å². The summed E-state index contributed by atoms with van der Waals surface area (Å²) >= 11 is 0. The topological polar surface area (TPSA) is 0 Å². The average molecular weight is 292 g/mol. The lowest BCUT2D eigenvalue weighted by Gasteiger charge is -2.09. The number of hydrogen-bond donors (Lipinski definition) is 0. The summed E-state index contributed by atoms with van der Waals surface area (Å²) in [5.41, 5.74) is 0. The Hall–Kier alpha value is -2.08. The molecule has 0 nitrogen and oxygen atoms in total. The van der Waals surface area contributed by atoms with Gasteiger partial charge >= 0.3 is 0 Å². The molecular weight excluding hydrogens is 264 g/mol. The van der Waals surface area contributed by atoms with Gasteiger partial charge in [-0.25, -0.2) is 0 Å². The zero-order chi connectivity index (χ0) is 15.2. The van der Waals surface area contributed by atoms with Crippen LogP contribution in [-0.4, -0.2) is 0 Å². The van der Waals surface area contributed by atoms with Crippen LogP contribution in [0.5, 0.6) is 0 Å². The van der Waals surface area contributed by atoms with Gasteiger partial charge in [0.05, 0.1) is 0 Å². The van der Waals surface area contributed by atoms with E-state index < -0.39 is 0 Å². The maximum atomic E-state index is 2.21. The van der Waals surface area contributed by atoms with E-state index in [9.17, 15) is 0 Å². The first-order valence-corrected chi connectivity index (χ1v) is 7.97. The largest absolute Gasteiger partial charge is 0.0776 e. The average Bonchev–Trinajstić information content (AvgIpc) is 2.55. The van der Waals surface area contributed by atoms with E-state index in [2.05, 4.69) is 74.5 Å². The third-order valence-corrected chi connectivity index (χ3v) is 3.39. The maximum Gasteiger partial charge on any atom is -0.00268 e. The molecule has 0 saturated carbocycles. The Kier molecular flexibility index (Phi) is 6.85. The van der Waals surface area contributed by atoms with Gasteiger partial charge in [0.1, 0.15) is 0 Å². The van der Waals surface area contributed by atoms with Crippen molar-refractivity contribution in [2.75, 3.05) is 0 Å². The Bertz CT molecular complexity index is 682. The van der Waals surface area contributed by atoms with Crippen LogP contribution in [-0.2, 0) is 0 Å². The molecular formula is C22H28. The van der Waals surface area contributed by atoms with Crippen molar-refractivity contribution >= 4 is 32.3 Å².